The summed E-state index contributed by atoms with van der Waals surface area (Å²) in [6.07, 6.45) is 9.06. The van der Waals surface area contributed by atoms with Gasteiger partial charge in [0.15, 0.2) is 0 Å². The Bertz CT molecular complexity index is 906. The number of nitriles is 1. The third kappa shape index (κ3) is 9.30. The zero-order valence-electron chi connectivity index (χ0n) is 23.1. The molecule has 37 heavy (non-hydrogen) atoms. The topological polar surface area (TPSA) is 135 Å². The van der Waals surface area contributed by atoms with Crippen molar-refractivity contribution in [3.63, 3.8) is 0 Å². The average Bonchev–Trinajstić information content (AvgIpc) is 3.32. The molecule has 1 aliphatic heterocycles. The van der Waals surface area contributed by atoms with Crippen LogP contribution in [0.15, 0.2) is 29.0 Å². The molecule has 8 atom stereocenters. The van der Waals surface area contributed by atoms with E-state index in [9.17, 15) is 20.0 Å². The van der Waals surface area contributed by atoms with Gasteiger partial charge in [-0.3, -0.25) is 9.59 Å². The van der Waals surface area contributed by atoms with Crippen molar-refractivity contribution in [3.8, 4) is 6.07 Å². The summed E-state index contributed by atoms with van der Waals surface area (Å²) in [7, 11) is 1.47. The van der Waals surface area contributed by atoms with E-state index in [2.05, 4.69) is 25.1 Å². The van der Waals surface area contributed by atoms with Crippen LogP contribution in [-0.2, 0) is 19.2 Å². The summed E-state index contributed by atoms with van der Waals surface area (Å²) < 4.78 is 5.95. The van der Waals surface area contributed by atoms with Crippen LogP contribution >= 0.6 is 0 Å². The van der Waals surface area contributed by atoms with E-state index < -0.39 is 18.2 Å². The number of carbonyl (C=O) groups excluding carboxylic acids is 2. The van der Waals surface area contributed by atoms with Crippen LogP contribution in [0.1, 0.15) is 79.1 Å². The number of hydrogen-bond acceptors (Lipinski definition) is 7. The average molecular weight is 516 g/mol. The lowest BCUT2D eigenvalue weighted by Gasteiger charge is -2.27. The normalized spacial score (nSPS) is 38.4. The molecule has 3 N–H and O–H groups in total. The number of primary amides is 1. The molecule has 8 heteroatoms. The highest BCUT2D eigenvalue weighted by Crippen LogP contribution is 2.37. The van der Waals surface area contributed by atoms with Crippen LogP contribution in [0.2, 0.25) is 0 Å². The zero-order valence-corrected chi connectivity index (χ0v) is 23.1. The number of oxime groups is 1. The van der Waals surface area contributed by atoms with E-state index in [4.69, 9.17) is 15.3 Å². The second-order valence-electron chi connectivity index (χ2n) is 11.2. The molecule has 206 valence electrons. The van der Waals surface area contributed by atoms with E-state index in [-0.39, 0.29) is 36.0 Å². The molecule has 2 aliphatic rings. The summed E-state index contributed by atoms with van der Waals surface area (Å²) in [5.41, 5.74) is 6.61. The van der Waals surface area contributed by atoms with Gasteiger partial charge in [-0.1, -0.05) is 51.4 Å². The molecule has 0 aromatic heterocycles. The highest BCUT2D eigenvalue weighted by molar-refractivity contribution is 5.99. The van der Waals surface area contributed by atoms with Gasteiger partial charge in [-0.25, -0.2) is 0 Å². The van der Waals surface area contributed by atoms with Crippen molar-refractivity contribution >= 4 is 17.6 Å². The Morgan fingerprint density at radius 2 is 1.89 bits per heavy atom. The minimum absolute atomic E-state index is 0.0210. The number of aliphatic hydroxyl groups excluding tert-OH is 1. The third-order valence-corrected chi connectivity index (χ3v) is 7.90. The number of aliphatic hydroxyl groups is 1. The fraction of sp³-hybridized carbons (Fsp3) is 0.724. The minimum Gasteiger partial charge on any atom is -0.461 e. The van der Waals surface area contributed by atoms with Gasteiger partial charge in [-0.05, 0) is 61.9 Å². The van der Waals surface area contributed by atoms with E-state index in [1.54, 1.807) is 12.2 Å². The van der Waals surface area contributed by atoms with Crippen molar-refractivity contribution in [1.82, 2.24) is 0 Å². The molecule has 0 radical (unpaired) electrons. The molecule has 1 saturated carbocycles. The predicted octanol–water partition coefficient (Wildman–Crippen LogP) is 4.68. The number of ether oxygens (including phenoxy) is 1. The maximum absolute atomic E-state index is 13.1. The molecular formula is C29H45N3O5. The van der Waals surface area contributed by atoms with E-state index in [1.807, 2.05) is 19.9 Å². The largest absolute Gasteiger partial charge is 0.461 e. The monoisotopic (exact) mass is 515 g/mol. The van der Waals surface area contributed by atoms with Crippen molar-refractivity contribution in [2.24, 2.45) is 46.4 Å². The summed E-state index contributed by atoms with van der Waals surface area (Å²) in [4.78, 5) is 30.2. The zero-order chi connectivity index (χ0) is 27.5. The van der Waals surface area contributed by atoms with Crippen molar-refractivity contribution in [2.75, 3.05) is 7.11 Å². The number of hydrogen-bond donors (Lipinski definition) is 2. The van der Waals surface area contributed by atoms with Crippen LogP contribution < -0.4 is 5.73 Å². The molecule has 0 bridgehead atoms. The number of amides is 1. The van der Waals surface area contributed by atoms with Crippen LogP contribution in [0.5, 0.6) is 0 Å². The molecule has 0 aromatic rings. The third-order valence-electron chi connectivity index (χ3n) is 7.90. The fourth-order valence-electron chi connectivity index (χ4n) is 6.14. The Balaban J connectivity index is 2.38. The molecule has 0 spiro atoms. The van der Waals surface area contributed by atoms with Gasteiger partial charge in [0.25, 0.3) is 0 Å². The maximum atomic E-state index is 13.1. The van der Waals surface area contributed by atoms with E-state index in [0.29, 0.717) is 36.0 Å². The number of cyclic esters (lactones) is 1. The molecule has 1 amide bonds. The molecule has 2 rings (SSSR count). The van der Waals surface area contributed by atoms with E-state index in [1.165, 1.54) is 7.11 Å². The molecule has 8 nitrogen and oxygen atoms in total. The van der Waals surface area contributed by atoms with Crippen LogP contribution in [0.25, 0.3) is 0 Å². The first kappa shape index (κ1) is 30.6. The number of rotatable bonds is 3. The molecule has 1 heterocycles. The van der Waals surface area contributed by atoms with E-state index in [0.717, 1.165) is 32.1 Å². The van der Waals surface area contributed by atoms with Gasteiger partial charge in [0.05, 0.1) is 29.9 Å². The lowest BCUT2D eigenvalue weighted by Crippen LogP contribution is -2.36. The fourth-order valence-corrected chi connectivity index (χ4v) is 6.14. The first-order valence-electron chi connectivity index (χ1n) is 13.6. The molecule has 0 aromatic carbocycles. The number of carbonyl (C=O) groups is 2. The van der Waals surface area contributed by atoms with Gasteiger partial charge in [0.1, 0.15) is 13.2 Å². The first-order valence-corrected chi connectivity index (χ1v) is 13.6. The highest BCUT2D eigenvalue weighted by Gasteiger charge is 2.38. The van der Waals surface area contributed by atoms with Crippen LogP contribution in [-0.4, -0.2) is 42.0 Å². The highest BCUT2D eigenvalue weighted by atomic mass is 16.6. The molecule has 1 aliphatic carbocycles. The minimum atomic E-state index is -0.853. The summed E-state index contributed by atoms with van der Waals surface area (Å²) in [5, 5.41) is 24.6. The quantitative estimate of drug-likeness (QED) is 0.414. The van der Waals surface area contributed by atoms with Crippen molar-refractivity contribution < 1.29 is 24.3 Å². The Labute approximate surface area is 221 Å². The maximum Gasteiger partial charge on any atom is 0.311 e. The summed E-state index contributed by atoms with van der Waals surface area (Å²) in [6, 6.07) is 2.13. The molecule has 0 saturated heterocycles. The van der Waals surface area contributed by atoms with Gasteiger partial charge in [-0.15, -0.1) is 0 Å². The van der Waals surface area contributed by atoms with Gasteiger partial charge >= 0.3 is 5.97 Å². The van der Waals surface area contributed by atoms with Gasteiger partial charge in [0.2, 0.25) is 5.91 Å². The van der Waals surface area contributed by atoms with Crippen LogP contribution in [0, 0.1) is 46.8 Å². The Kier molecular flexibility index (Phi) is 12.3. The van der Waals surface area contributed by atoms with E-state index >= 15 is 0 Å². The summed E-state index contributed by atoms with van der Waals surface area (Å²) >= 11 is 0. The predicted molar refractivity (Wildman–Crippen MR) is 143 cm³/mol. The van der Waals surface area contributed by atoms with Crippen LogP contribution in [0.3, 0.4) is 0 Å². The second kappa shape index (κ2) is 14.9. The Morgan fingerprint density at radius 1 is 1.19 bits per heavy atom. The first-order chi connectivity index (χ1) is 17.6. The number of nitrogens with zero attached hydrogens (tertiary/aromatic N) is 2. The smallest absolute Gasteiger partial charge is 0.311 e. The van der Waals surface area contributed by atoms with Crippen molar-refractivity contribution in [3.05, 3.63) is 23.8 Å². The molecule has 1 fully saturated rings. The Morgan fingerprint density at radius 3 is 2.54 bits per heavy atom. The number of esters is 1. The Hall–Kier alpha value is -2.66. The number of nitrogens with two attached hydrogens (primary N) is 1. The van der Waals surface area contributed by atoms with Gasteiger partial charge in [0, 0.05) is 18.3 Å². The van der Waals surface area contributed by atoms with Crippen molar-refractivity contribution in [2.45, 2.75) is 91.3 Å². The lowest BCUT2D eigenvalue weighted by atomic mass is 9.82. The lowest BCUT2D eigenvalue weighted by molar-refractivity contribution is -0.152. The molecular weight excluding hydrogens is 470 g/mol. The standard InChI is InChI=1S/C29H45N3O5/c1-18-13-19(2)15-21(4)28(34)22(17-30)9-6-7-12-26(23-10-8-11-24(23)29(31)35)37-27(33)16-25(32-36-5)20(3)14-18/h6-7,9,18-21,23-24,26,28,34H,8,10-16H2,1-5H3,(H2,31,35)/b7-6+,22-9+,32-25+. The van der Waals surface area contributed by atoms with Gasteiger partial charge < -0.3 is 20.4 Å². The summed E-state index contributed by atoms with van der Waals surface area (Å²) in [5.74, 6) is -0.601. The second-order valence-corrected chi connectivity index (χ2v) is 11.2. The van der Waals surface area contributed by atoms with Crippen LogP contribution in [0.4, 0.5) is 0 Å². The SMILES string of the molecule is CO/N=C1\CC(=O)OC(C2CCCC2C(N)=O)C/C=C/C=C(\C#N)C(O)C(C)CC(C)CC(C)CC1C. The van der Waals surface area contributed by atoms with Crippen molar-refractivity contribution in [1.29, 1.82) is 5.26 Å². The number of allylic oxidation sites excluding steroid dienone is 2. The summed E-state index contributed by atoms with van der Waals surface area (Å²) in [6.45, 7) is 8.37. The van der Waals surface area contributed by atoms with Gasteiger partial charge in [-0.2, -0.15) is 5.26 Å². The molecule has 8 unspecified atom stereocenters.